The van der Waals surface area contributed by atoms with Gasteiger partial charge in [-0.3, -0.25) is 4.57 Å². The van der Waals surface area contributed by atoms with Gasteiger partial charge in [-0.05, 0) is 32.8 Å². The molecule has 1 atom stereocenters. The molecule has 0 heterocycles. The molecule has 0 aliphatic rings. The van der Waals surface area contributed by atoms with Gasteiger partial charge in [0.05, 0.1) is 19.4 Å². The van der Waals surface area contributed by atoms with Crippen LogP contribution in [0.1, 0.15) is 26.3 Å². The zero-order valence-corrected chi connectivity index (χ0v) is 12.9. The molecule has 0 aliphatic carbocycles. The molecule has 1 rings (SSSR count). The smallest absolute Gasteiger partial charge is 0.324 e. The Morgan fingerprint density at radius 2 is 1.68 bits per heavy atom. The minimum absolute atomic E-state index is 0.219. The summed E-state index contributed by atoms with van der Waals surface area (Å²) in [5.41, 5.74) is 6.76. The normalized spacial score (nSPS) is 15.2. The van der Waals surface area contributed by atoms with E-state index in [0.717, 1.165) is 5.56 Å². The van der Waals surface area contributed by atoms with Crippen molar-refractivity contribution in [2.45, 2.75) is 32.7 Å². The number of rotatable bonds is 8. The van der Waals surface area contributed by atoms with Crippen LogP contribution >= 0.6 is 7.60 Å². The van der Waals surface area contributed by atoms with Crippen molar-refractivity contribution >= 4 is 7.60 Å². The first kappa shape index (κ1) is 16.4. The van der Waals surface area contributed by atoms with E-state index in [0.29, 0.717) is 19.6 Å². The summed E-state index contributed by atoms with van der Waals surface area (Å²) >= 11 is 0. The van der Waals surface area contributed by atoms with Crippen LogP contribution < -0.4 is 5.73 Å². The van der Waals surface area contributed by atoms with Crippen molar-refractivity contribution in [1.82, 2.24) is 0 Å². The van der Waals surface area contributed by atoms with Gasteiger partial charge in [0.1, 0.15) is 0 Å². The summed E-state index contributed by atoms with van der Waals surface area (Å²) in [6.07, 6.45) is 0.856. The molecule has 0 saturated heterocycles. The van der Waals surface area contributed by atoms with Crippen molar-refractivity contribution in [2.24, 2.45) is 5.73 Å². The van der Waals surface area contributed by atoms with E-state index in [-0.39, 0.29) is 6.16 Å². The average Bonchev–Trinajstić information content (AvgIpc) is 2.28. The van der Waals surface area contributed by atoms with E-state index in [1.165, 1.54) is 0 Å². The van der Waals surface area contributed by atoms with E-state index in [2.05, 4.69) is 0 Å². The topological polar surface area (TPSA) is 61.5 Å². The Bertz CT molecular complexity index is 410. The van der Waals surface area contributed by atoms with Crippen LogP contribution in [-0.2, 0) is 20.0 Å². The lowest BCUT2D eigenvalue weighted by Gasteiger charge is -2.29. The second-order valence-corrected chi connectivity index (χ2v) is 6.98. The van der Waals surface area contributed by atoms with Crippen LogP contribution in [0, 0.1) is 0 Å². The summed E-state index contributed by atoms with van der Waals surface area (Å²) in [7, 11) is -3.10. The second-order valence-electron chi connectivity index (χ2n) is 4.92. The van der Waals surface area contributed by atoms with Crippen LogP contribution in [-0.4, -0.2) is 24.9 Å². The van der Waals surface area contributed by atoms with Gasteiger partial charge in [0.15, 0.2) is 0 Å². The molecular weight excluding hydrogens is 261 g/mol. The van der Waals surface area contributed by atoms with Crippen LogP contribution in [0.2, 0.25) is 0 Å². The zero-order valence-electron chi connectivity index (χ0n) is 12.0. The van der Waals surface area contributed by atoms with Gasteiger partial charge in [0.2, 0.25) is 0 Å². The Morgan fingerprint density at radius 1 is 1.16 bits per heavy atom. The molecule has 1 aromatic carbocycles. The molecule has 108 valence electrons. The predicted octanol–water partition coefficient (Wildman–Crippen LogP) is 3.21. The van der Waals surface area contributed by atoms with Gasteiger partial charge in [-0.25, -0.2) is 0 Å². The maximum atomic E-state index is 12.5. The van der Waals surface area contributed by atoms with Crippen molar-refractivity contribution in [1.29, 1.82) is 0 Å². The summed E-state index contributed by atoms with van der Waals surface area (Å²) < 4.78 is 23.1. The fourth-order valence-corrected chi connectivity index (χ4v) is 4.12. The maximum absolute atomic E-state index is 12.5. The molecule has 5 heteroatoms. The fraction of sp³-hybridized carbons (Fsp3) is 0.571. The Balaban J connectivity index is 2.73. The molecule has 2 N–H and O–H groups in total. The molecule has 1 aromatic rings. The highest BCUT2D eigenvalue weighted by molar-refractivity contribution is 7.53. The average molecular weight is 285 g/mol. The minimum Gasteiger partial charge on any atom is -0.324 e. The molecule has 0 aliphatic heterocycles. The molecule has 0 saturated carbocycles. The van der Waals surface area contributed by atoms with E-state index in [1.807, 2.05) is 37.3 Å². The number of nitrogens with two attached hydrogens (primary N) is 1. The van der Waals surface area contributed by atoms with Crippen molar-refractivity contribution < 1.29 is 13.6 Å². The highest BCUT2D eigenvalue weighted by Gasteiger charge is 2.33. The van der Waals surface area contributed by atoms with E-state index in [9.17, 15) is 4.57 Å². The van der Waals surface area contributed by atoms with Gasteiger partial charge in [0, 0.05) is 5.54 Å². The highest BCUT2D eigenvalue weighted by Crippen LogP contribution is 2.50. The van der Waals surface area contributed by atoms with Gasteiger partial charge >= 0.3 is 7.60 Å². The fourth-order valence-electron chi connectivity index (χ4n) is 2.08. The molecule has 0 fully saturated rings. The molecule has 0 spiro atoms. The summed E-state index contributed by atoms with van der Waals surface area (Å²) in [5, 5.41) is 0. The summed E-state index contributed by atoms with van der Waals surface area (Å²) in [6, 6.07) is 9.92. The minimum atomic E-state index is -3.10. The number of hydrogen-bond acceptors (Lipinski definition) is 4. The van der Waals surface area contributed by atoms with Crippen molar-refractivity contribution in [3.05, 3.63) is 35.9 Å². The lowest BCUT2D eigenvalue weighted by Crippen LogP contribution is -2.42. The van der Waals surface area contributed by atoms with E-state index >= 15 is 0 Å². The molecule has 0 bridgehead atoms. The van der Waals surface area contributed by atoms with Crippen molar-refractivity contribution in [2.75, 3.05) is 19.4 Å². The molecule has 19 heavy (non-hydrogen) atoms. The van der Waals surface area contributed by atoms with Crippen LogP contribution in [0.4, 0.5) is 0 Å². The standard InChI is InChI=1S/C14H24NO3P/c1-4-17-19(16,18-5-2)12-14(3,15)11-13-9-7-6-8-10-13/h6-10H,4-5,11-12,15H2,1-3H3. The van der Waals surface area contributed by atoms with Crippen LogP contribution in [0.5, 0.6) is 0 Å². The summed E-state index contributed by atoms with van der Waals surface area (Å²) in [4.78, 5) is 0. The molecular formula is C14H24NO3P. The second kappa shape index (κ2) is 7.20. The van der Waals surface area contributed by atoms with Crippen LogP contribution in [0.3, 0.4) is 0 Å². The van der Waals surface area contributed by atoms with E-state index in [4.69, 9.17) is 14.8 Å². The molecule has 0 radical (unpaired) electrons. The quantitative estimate of drug-likeness (QED) is 0.745. The molecule has 4 nitrogen and oxygen atoms in total. The Hall–Kier alpha value is -0.670. The Labute approximate surface area is 115 Å². The van der Waals surface area contributed by atoms with Crippen LogP contribution in [0.15, 0.2) is 30.3 Å². The lowest BCUT2D eigenvalue weighted by atomic mass is 9.96. The zero-order chi connectivity index (χ0) is 14.4. The number of hydrogen-bond donors (Lipinski definition) is 1. The third-order valence-electron chi connectivity index (χ3n) is 2.66. The van der Waals surface area contributed by atoms with Crippen LogP contribution in [0.25, 0.3) is 0 Å². The number of benzene rings is 1. The monoisotopic (exact) mass is 285 g/mol. The molecule has 1 unspecified atom stereocenters. The van der Waals surface area contributed by atoms with E-state index in [1.54, 1.807) is 13.8 Å². The third kappa shape index (κ3) is 5.87. The summed E-state index contributed by atoms with van der Waals surface area (Å²) in [6.45, 7) is 6.20. The lowest BCUT2D eigenvalue weighted by molar-refractivity contribution is 0.214. The maximum Gasteiger partial charge on any atom is 0.332 e. The first-order valence-electron chi connectivity index (χ1n) is 6.62. The third-order valence-corrected chi connectivity index (χ3v) is 5.07. The van der Waals surface area contributed by atoms with Gasteiger partial charge in [-0.2, -0.15) is 0 Å². The van der Waals surface area contributed by atoms with E-state index < -0.39 is 13.1 Å². The van der Waals surface area contributed by atoms with Gasteiger partial charge < -0.3 is 14.8 Å². The van der Waals surface area contributed by atoms with Gasteiger partial charge in [-0.1, -0.05) is 30.3 Å². The molecule has 0 amide bonds. The predicted molar refractivity (Wildman–Crippen MR) is 78.5 cm³/mol. The first-order chi connectivity index (χ1) is 8.91. The van der Waals surface area contributed by atoms with Gasteiger partial charge in [0.25, 0.3) is 0 Å². The largest absolute Gasteiger partial charge is 0.332 e. The molecule has 0 aromatic heterocycles. The van der Waals surface area contributed by atoms with Gasteiger partial charge in [-0.15, -0.1) is 0 Å². The Kier molecular flexibility index (Phi) is 6.21. The highest BCUT2D eigenvalue weighted by atomic mass is 31.2. The summed E-state index contributed by atoms with van der Waals surface area (Å²) in [5.74, 6) is 0. The first-order valence-corrected chi connectivity index (χ1v) is 8.34. The van der Waals surface area contributed by atoms with Crippen molar-refractivity contribution in [3.8, 4) is 0 Å². The van der Waals surface area contributed by atoms with Crippen molar-refractivity contribution in [3.63, 3.8) is 0 Å². The Morgan fingerprint density at radius 3 is 2.16 bits per heavy atom. The SMILES string of the molecule is CCOP(=O)(CC(C)(N)Cc1ccccc1)OCC.